The van der Waals surface area contributed by atoms with E-state index in [1.807, 2.05) is 32.9 Å². The number of carbonyl (C=O) groups excluding carboxylic acids is 1. The standard InChI is InChI=1S/C15H21N3O2/c1-15(2,3)20-14(19)18-13-11(7-6-10-17-13)12-8-4-5-9-16-12/h6-7,10H,4-5,8-9H2,1-3H3,(H,17,18,19). The second-order valence-corrected chi connectivity index (χ2v) is 5.81. The van der Waals surface area contributed by atoms with Gasteiger partial charge in [0.05, 0.1) is 0 Å². The van der Waals surface area contributed by atoms with Crippen molar-refractivity contribution in [3.05, 3.63) is 23.9 Å². The van der Waals surface area contributed by atoms with Crippen LogP contribution in [0.5, 0.6) is 0 Å². The van der Waals surface area contributed by atoms with E-state index in [4.69, 9.17) is 4.74 Å². The Balaban J connectivity index is 2.16. The highest BCUT2D eigenvalue weighted by atomic mass is 16.6. The molecule has 0 radical (unpaired) electrons. The maximum Gasteiger partial charge on any atom is 0.413 e. The normalized spacial score (nSPS) is 15.4. The summed E-state index contributed by atoms with van der Waals surface area (Å²) >= 11 is 0. The molecule has 1 aromatic heterocycles. The summed E-state index contributed by atoms with van der Waals surface area (Å²) in [5.41, 5.74) is 1.37. The summed E-state index contributed by atoms with van der Waals surface area (Å²) in [4.78, 5) is 20.6. The molecule has 1 aliphatic rings. The molecule has 0 atom stereocenters. The summed E-state index contributed by atoms with van der Waals surface area (Å²) in [6, 6.07) is 3.79. The molecule has 2 rings (SSSR count). The number of nitrogens with one attached hydrogen (secondary N) is 1. The molecular formula is C15H21N3O2. The van der Waals surface area contributed by atoms with Gasteiger partial charge in [-0.05, 0) is 52.2 Å². The number of rotatable bonds is 2. The van der Waals surface area contributed by atoms with Crippen LogP contribution in [-0.4, -0.2) is 28.9 Å². The minimum Gasteiger partial charge on any atom is -0.444 e. The quantitative estimate of drug-likeness (QED) is 0.899. The lowest BCUT2D eigenvalue weighted by Gasteiger charge is -2.20. The average molecular weight is 275 g/mol. The topological polar surface area (TPSA) is 63.6 Å². The fourth-order valence-electron chi connectivity index (χ4n) is 2.06. The molecule has 1 amide bonds. The first kappa shape index (κ1) is 14.5. The highest BCUT2D eigenvalue weighted by Gasteiger charge is 2.19. The number of anilines is 1. The minimum absolute atomic E-state index is 0.492. The van der Waals surface area contributed by atoms with Crippen molar-refractivity contribution in [2.24, 2.45) is 4.99 Å². The van der Waals surface area contributed by atoms with Crippen molar-refractivity contribution in [3.63, 3.8) is 0 Å². The second-order valence-electron chi connectivity index (χ2n) is 5.81. The van der Waals surface area contributed by atoms with Crippen molar-refractivity contribution in [1.82, 2.24) is 4.98 Å². The molecule has 0 saturated carbocycles. The molecule has 20 heavy (non-hydrogen) atoms. The molecule has 5 heteroatoms. The van der Waals surface area contributed by atoms with E-state index in [2.05, 4.69) is 15.3 Å². The largest absolute Gasteiger partial charge is 0.444 e. The lowest BCUT2D eigenvalue weighted by Crippen LogP contribution is -2.28. The summed E-state index contributed by atoms with van der Waals surface area (Å²) in [6.45, 7) is 6.33. The Hall–Kier alpha value is -1.91. The van der Waals surface area contributed by atoms with E-state index in [1.165, 1.54) is 0 Å². The first-order chi connectivity index (χ1) is 9.46. The fraction of sp³-hybridized carbons (Fsp3) is 0.533. The van der Waals surface area contributed by atoms with Crippen molar-refractivity contribution in [3.8, 4) is 0 Å². The van der Waals surface area contributed by atoms with Gasteiger partial charge in [-0.1, -0.05) is 0 Å². The van der Waals surface area contributed by atoms with Gasteiger partial charge in [0.15, 0.2) is 0 Å². The van der Waals surface area contributed by atoms with Crippen molar-refractivity contribution in [2.45, 2.75) is 45.6 Å². The van der Waals surface area contributed by atoms with Gasteiger partial charge in [-0.2, -0.15) is 0 Å². The summed E-state index contributed by atoms with van der Waals surface area (Å²) in [5.74, 6) is 0.516. The molecule has 5 nitrogen and oxygen atoms in total. The zero-order chi connectivity index (χ0) is 14.6. The Morgan fingerprint density at radius 1 is 1.35 bits per heavy atom. The number of hydrogen-bond acceptors (Lipinski definition) is 4. The molecule has 0 unspecified atom stereocenters. The molecule has 108 valence electrons. The van der Waals surface area contributed by atoms with Crippen LogP contribution in [0.25, 0.3) is 0 Å². The molecule has 2 heterocycles. The monoisotopic (exact) mass is 275 g/mol. The van der Waals surface area contributed by atoms with Crippen LogP contribution >= 0.6 is 0 Å². The molecular weight excluding hydrogens is 254 g/mol. The Labute approximate surface area is 119 Å². The van der Waals surface area contributed by atoms with Crippen LogP contribution in [0.1, 0.15) is 45.6 Å². The highest BCUT2D eigenvalue weighted by Crippen LogP contribution is 2.20. The number of hydrogen-bond donors (Lipinski definition) is 1. The molecule has 1 aromatic rings. The summed E-state index contributed by atoms with van der Waals surface area (Å²) in [5, 5.41) is 2.71. The molecule has 0 fully saturated rings. The van der Waals surface area contributed by atoms with Gasteiger partial charge in [-0.15, -0.1) is 0 Å². The predicted octanol–water partition coefficient (Wildman–Crippen LogP) is 3.40. The second kappa shape index (κ2) is 6.03. The third kappa shape index (κ3) is 4.05. The lowest BCUT2D eigenvalue weighted by atomic mass is 10.0. The third-order valence-corrected chi connectivity index (χ3v) is 2.86. The zero-order valence-electron chi connectivity index (χ0n) is 12.3. The van der Waals surface area contributed by atoms with Gasteiger partial charge >= 0.3 is 6.09 Å². The Kier molecular flexibility index (Phi) is 4.37. The summed E-state index contributed by atoms with van der Waals surface area (Å²) < 4.78 is 5.25. The van der Waals surface area contributed by atoms with Gasteiger partial charge in [0.25, 0.3) is 0 Å². The van der Waals surface area contributed by atoms with E-state index in [1.54, 1.807) is 6.20 Å². The van der Waals surface area contributed by atoms with Gasteiger partial charge < -0.3 is 4.74 Å². The van der Waals surface area contributed by atoms with E-state index < -0.39 is 11.7 Å². The summed E-state index contributed by atoms with van der Waals surface area (Å²) in [6.07, 6.45) is 4.33. The van der Waals surface area contributed by atoms with Crippen LogP contribution in [0.3, 0.4) is 0 Å². The Morgan fingerprint density at radius 2 is 2.15 bits per heavy atom. The Bertz CT molecular complexity index is 518. The molecule has 0 aromatic carbocycles. The van der Waals surface area contributed by atoms with Crippen molar-refractivity contribution in [1.29, 1.82) is 0 Å². The SMILES string of the molecule is CC(C)(C)OC(=O)Nc1ncccc1C1=NCCCC1. The van der Waals surface area contributed by atoms with E-state index >= 15 is 0 Å². The van der Waals surface area contributed by atoms with Crippen LogP contribution < -0.4 is 5.32 Å². The van der Waals surface area contributed by atoms with Crippen molar-refractivity contribution < 1.29 is 9.53 Å². The van der Waals surface area contributed by atoms with Crippen LogP contribution in [0.2, 0.25) is 0 Å². The van der Waals surface area contributed by atoms with Crippen LogP contribution in [0.15, 0.2) is 23.3 Å². The lowest BCUT2D eigenvalue weighted by molar-refractivity contribution is 0.0635. The van der Waals surface area contributed by atoms with Gasteiger partial charge in [-0.25, -0.2) is 9.78 Å². The smallest absolute Gasteiger partial charge is 0.413 e. The van der Waals surface area contributed by atoms with Crippen LogP contribution in [0, 0.1) is 0 Å². The summed E-state index contributed by atoms with van der Waals surface area (Å²) in [7, 11) is 0. The zero-order valence-corrected chi connectivity index (χ0v) is 12.3. The third-order valence-electron chi connectivity index (χ3n) is 2.86. The molecule has 1 N–H and O–H groups in total. The number of aliphatic imine (C=N–C) groups is 1. The van der Waals surface area contributed by atoms with Crippen LogP contribution in [0.4, 0.5) is 10.6 Å². The maximum absolute atomic E-state index is 11.8. The van der Waals surface area contributed by atoms with Gasteiger partial charge in [0, 0.05) is 24.0 Å². The molecule has 0 spiro atoms. The fourth-order valence-corrected chi connectivity index (χ4v) is 2.06. The van der Waals surface area contributed by atoms with E-state index in [9.17, 15) is 4.79 Å². The molecule has 0 aliphatic carbocycles. The maximum atomic E-state index is 11.8. The van der Waals surface area contributed by atoms with Gasteiger partial charge in [-0.3, -0.25) is 10.3 Å². The van der Waals surface area contributed by atoms with Crippen molar-refractivity contribution >= 4 is 17.6 Å². The number of aromatic nitrogens is 1. The first-order valence-electron chi connectivity index (χ1n) is 6.94. The number of carbonyl (C=O) groups is 1. The highest BCUT2D eigenvalue weighted by molar-refractivity contribution is 6.06. The van der Waals surface area contributed by atoms with E-state index in [0.29, 0.717) is 5.82 Å². The molecule has 0 saturated heterocycles. The molecule has 0 bridgehead atoms. The first-order valence-corrected chi connectivity index (χ1v) is 6.94. The average Bonchev–Trinajstić information content (AvgIpc) is 2.38. The van der Waals surface area contributed by atoms with Crippen LogP contribution in [-0.2, 0) is 4.74 Å². The van der Waals surface area contributed by atoms with Crippen molar-refractivity contribution in [2.75, 3.05) is 11.9 Å². The van der Waals surface area contributed by atoms with Gasteiger partial charge in [0.2, 0.25) is 0 Å². The number of ether oxygens (including phenoxy) is 1. The minimum atomic E-state index is -0.526. The van der Waals surface area contributed by atoms with E-state index in [0.717, 1.165) is 37.1 Å². The number of amides is 1. The number of nitrogens with zero attached hydrogens (tertiary/aromatic N) is 2. The van der Waals surface area contributed by atoms with E-state index in [-0.39, 0.29) is 0 Å². The number of pyridine rings is 1. The predicted molar refractivity (Wildman–Crippen MR) is 79.3 cm³/mol. The van der Waals surface area contributed by atoms with Gasteiger partial charge in [0.1, 0.15) is 11.4 Å². The molecule has 1 aliphatic heterocycles. The Morgan fingerprint density at radius 3 is 2.80 bits per heavy atom.